The van der Waals surface area contributed by atoms with Crippen molar-refractivity contribution in [2.24, 2.45) is 0 Å². The van der Waals surface area contributed by atoms with Crippen LogP contribution in [-0.2, 0) is 15.8 Å². The predicted octanol–water partition coefficient (Wildman–Crippen LogP) is 4.54. The maximum absolute atomic E-state index is 13.3. The minimum atomic E-state index is -4.66. The van der Waals surface area contributed by atoms with E-state index in [1.54, 1.807) is 6.92 Å². The van der Waals surface area contributed by atoms with Crippen molar-refractivity contribution in [2.45, 2.75) is 25.6 Å². The van der Waals surface area contributed by atoms with Crippen molar-refractivity contribution >= 4 is 23.3 Å². The van der Waals surface area contributed by atoms with Crippen molar-refractivity contribution in [1.29, 1.82) is 0 Å². The van der Waals surface area contributed by atoms with Crippen LogP contribution in [0.3, 0.4) is 0 Å². The van der Waals surface area contributed by atoms with E-state index in [1.165, 1.54) is 41.1 Å². The Hall–Kier alpha value is -3.69. The first kappa shape index (κ1) is 20.6. The first-order chi connectivity index (χ1) is 14.6. The van der Waals surface area contributed by atoms with Crippen LogP contribution in [0.15, 0.2) is 48.5 Å². The second kappa shape index (κ2) is 7.53. The van der Waals surface area contributed by atoms with Crippen molar-refractivity contribution in [3.05, 3.63) is 65.5 Å². The van der Waals surface area contributed by atoms with Gasteiger partial charge in [-0.25, -0.2) is 9.07 Å². The van der Waals surface area contributed by atoms with Gasteiger partial charge in [0.2, 0.25) is 11.8 Å². The lowest BCUT2D eigenvalue weighted by atomic mass is 10.1. The zero-order valence-corrected chi connectivity index (χ0v) is 16.1. The van der Waals surface area contributed by atoms with Crippen molar-refractivity contribution in [2.75, 3.05) is 10.6 Å². The molecule has 3 aromatic rings. The normalized spacial score (nSPS) is 15.9. The molecule has 2 aromatic carbocycles. The number of aromatic nitrogens is 2. The lowest BCUT2D eigenvalue weighted by Gasteiger charge is -2.24. The molecule has 31 heavy (non-hydrogen) atoms. The molecule has 1 atom stereocenters. The highest BCUT2D eigenvalue weighted by Crippen LogP contribution is 2.37. The van der Waals surface area contributed by atoms with Crippen LogP contribution in [0.1, 0.15) is 23.6 Å². The lowest BCUT2D eigenvalue weighted by molar-refractivity contribution is -0.137. The number of carbonyl (C=O) groups excluding carboxylic acids is 2. The number of alkyl halides is 3. The van der Waals surface area contributed by atoms with Crippen LogP contribution in [0.25, 0.3) is 11.3 Å². The monoisotopic (exact) mass is 432 g/mol. The van der Waals surface area contributed by atoms with Gasteiger partial charge in [-0.1, -0.05) is 12.1 Å². The number of amides is 2. The Kier molecular flexibility index (Phi) is 5.00. The van der Waals surface area contributed by atoms with E-state index in [9.17, 15) is 27.2 Å². The number of rotatable bonds is 3. The Bertz CT molecular complexity index is 1170. The summed E-state index contributed by atoms with van der Waals surface area (Å²) in [6.07, 6.45) is -4.95. The number of benzene rings is 2. The molecule has 10 heteroatoms. The Morgan fingerprint density at radius 3 is 2.52 bits per heavy atom. The van der Waals surface area contributed by atoms with Gasteiger partial charge in [-0.05, 0) is 43.3 Å². The molecule has 0 radical (unpaired) electrons. The lowest BCUT2D eigenvalue weighted by Crippen LogP contribution is -2.36. The Morgan fingerprint density at radius 1 is 1.16 bits per heavy atom. The molecule has 2 N–H and O–H groups in total. The second-order valence-corrected chi connectivity index (χ2v) is 7.07. The standard InChI is InChI=1S/C21H16F4N4O2/c1-11-18(12-6-8-13(22)9-7-12)28-29-16(10-17(30)27-19(11)29)20(31)26-15-5-3-2-4-14(15)21(23,24)25/h2-9,16H,10H2,1H3,(H,26,31)(H,27,30)/t16-/m1/s1. The number of halogens is 4. The highest BCUT2D eigenvalue weighted by atomic mass is 19.4. The van der Waals surface area contributed by atoms with Crippen molar-refractivity contribution in [1.82, 2.24) is 9.78 Å². The summed E-state index contributed by atoms with van der Waals surface area (Å²) in [4.78, 5) is 25.1. The van der Waals surface area contributed by atoms with Crippen molar-refractivity contribution in [3.63, 3.8) is 0 Å². The number of anilines is 2. The third-order valence-corrected chi connectivity index (χ3v) is 4.99. The Labute approximate surface area is 173 Å². The average molecular weight is 432 g/mol. The molecule has 0 bridgehead atoms. The van der Waals surface area contributed by atoms with E-state index in [0.717, 1.165) is 12.1 Å². The van der Waals surface area contributed by atoms with Crippen LogP contribution >= 0.6 is 0 Å². The summed E-state index contributed by atoms with van der Waals surface area (Å²) in [5.41, 5.74) is 0.137. The molecule has 160 valence electrons. The van der Waals surface area contributed by atoms with Gasteiger partial charge in [-0.2, -0.15) is 18.3 Å². The van der Waals surface area contributed by atoms with Crippen LogP contribution in [0, 0.1) is 12.7 Å². The van der Waals surface area contributed by atoms with Crippen LogP contribution in [0.2, 0.25) is 0 Å². The Balaban J connectivity index is 1.70. The van der Waals surface area contributed by atoms with E-state index >= 15 is 0 Å². The molecule has 6 nitrogen and oxygen atoms in total. The molecule has 0 saturated heterocycles. The molecular formula is C21H16F4N4O2. The fourth-order valence-corrected chi connectivity index (χ4v) is 3.48. The summed E-state index contributed by atoms with van der Waals surface area (Å²) in [6, 6.07) is 8.96. The third-order valence-electron chi connectivity index (χ3n) is 4.99. The quantitative estimate of drug-likeness (QED) is 0.597. The predicted molar refractivity (Wildman–Crippen MR) is 105 cm³/mol. The summed E-state index contributed by atoms with van der Waals surface area (Å²) < 4.78 is 54.3. The maximum atomic E-state index is 13.3. The van der Waals surface area contributed by atoms with Crippen LogP contribution < -0.4 is 10.6 Å². The van der Waals surface area contributed by atoms with E-state index in [1.807, 2.05) is 0 Å². The number of carbonyl (C=O) groups is 2. The van der Waals surface area contributed by atoms with Gasteiger partial charge in [0.25, 0.3) is 0 Å². The number of fused-ring (bicyclic) bond motifs is 1. The van der Waals surface area contributed by atoms with E-state index in [2.05, 4.69) is 15.7 Å². The minimum absolute atomic E-state index is 0.264. The van der Waals surface area contributed by atoms with Gasteiger partial charge in [-0.15, -0.1) is 0 Å². The van der Waals surface area contributed by atoms with Gasteiger partial charge in [0, 0.05) is 11.1 Å². The number of hydrogen-bond donors (Lipinski definition) is 2. The Morgan fingerprint density at radius 2 is 1.84 bits per heavy atom. The van der Waals surface area contributed by atoms with Gasteiger partial charge in [0.15, 0.2) is 0 Å². The third kappa shape index (κ3) is 3.88. The SMILES string of the molecule is Cc1c(-c2ccc(F)cc2)nn2c1NC(=O)C[C@@H]2C(=O)Nc1ccccc1C(F)(F)F. The van der Waals surface area contributed by atoms with E-state index in [0.29, 0.717) is 16.8 Å². The molecule has 1 aromatic heterocycles. The summed E-state index contributed by atoms with van der Waals surface area (Å²) in [5, 5.41) is 9.31. The first-order valence-corrected chi connectivity index (χ1v) is 9.27. The molecule has 1 aliphatic rings. The summed E-state index contributed by atoms with van der Waals surface area (Å²) >= 11 is 0. The highest BCUT2D eigenvalue weighted by molar-refractivity contribution is 6.02. The van der Waals surface area contributed by atoms with Crippen LogP contribution in [0.5, 0.6) is 0 Å². The van der Waals surface area contributed by atoms with Gasteiger partial charge in [-0.3, -0.25) is 9.59 Å². The van der Waals surface area contributed by atoms with E-state index in [4.69, 9.17) is 0 Å². The zero-order valence-electron chi connectivity index (χ0n) is 16.1. The summed E-state index contributed by atoms with van der Waals surface area (Å²) in [6.45, 7) is 1.68. The maximum Gasteiger partial charge on any atom is 0.418 e. The molecular weight excluding hydrogens is 416 g/mol. The summed E-state index contributed by atoms with van der Waals surface area (Å²) in [7, 11) is 0. The van der Waals surface area contributed by atoms with Gasteiger partial charge in [0.05, 0.1) is 23.4 Å². The number of nitrogens with zero attached hydrogens (tertiary/aromatic N) is 2. The van der Waals surface area contributed by atoms with Gasteiger partial charge in [0.1, 0.15) is 17.7 Å². The average Bonchev–Trinajstić information content (AvgIpc) is 3.04. The number of para-hydroxylation sites is 1. The van der Waals surface area contributed by atoms with Crippen LogP contribution in [0.4, 0.5) is 29.1 Å². The number of hydrogen-bond acceptors (Lipinski definition) is 3. The molecule has 2 amide bonds. The molecule has 1 aliphatic heterocycles. The molecule has 0 unspecified atom stereocenters. The van der Waals surface area contributed by atoms with E-state index < -0.39 is 41.1 Å². The molecule has 0 saturated carbocycles. The summed E-state index contributed by atoms with van der Waals surface area (Å²) in [5.74, 6) is -1.44. The topological polar surface area (TPSA) is 76.0 Å². The smallest absolute Gasteiger partial charge is 0.324 e. The van der Waals surface area contributed by atoms with E-state index in [-0.39, 0.29) is 12.2 Å². The molecule has 0 aliphatic carbocycles. The van der Waals surface area contributed by atoms with Crippen molar-refractivity contribution in [3.8, 4) is 11.3 Å². The van der Waals surface area contributed by atoms with Gasteiger partial charge < -0.3 is 10.6 Å². The molecule has 2 heterocycles. The fraction of sp³-hybridized carbons (Fsp3) is 0.190. The fourth-order valence-electron chi connectivity index (χ4n) is 3.48. The largest absolute Gasteiger partial charge is 0.418 e. The molecule has 4 rings (SSSR count). The number of nitrogens with one attached hydrogen (secondary N) is 2. The first-order valence-electron chi connectivity index (χ1n) is 9.27. The second-order valence-electron chi connectivity index (χ2n) is 7.07. The van der Waals surface area contributed by atoms with Crippen LogP contribution in [-0.4, -0.2) is 21.6 Å². The zero-order chi connectivity index (χ0) is 22.3. The van der Waals surface area contributed by atoms with Crippen molar-refractivity contribution < 1.29 is 27.2 Å². The highest BCUT2D eigenvalue weighted by Gasteiger charge is 2.37. The molecule has 0 fully saturated rings. The van der Waals surface area contributed by atoms with Gasteiger partial charge >= 0.3 is 6.18 Å². The minimum Gasteiger partial charge on any atom is -0.324 e. The molecule has 0 spiro atoms.